The molecule has 3 rings (SSSR count). The molecule has 142 valence electrons. The van der Waals surface area contributed by atoms with Gasteiger partial charge in [0.15, 0.2) is 0 Å². The number of hydrogen-bond donors (Lipinski definition) is 0. The quantitative estimate of drug-likeness (QED) is 0.810. The summed E-state index contributed by atoms with van der Waals surface area (Å²) in [5, 5.41) is 0. The van der Waals surface area contributed by atoms with Gasteiger partial charge in [-0.05, 0) is 25.0 Å². The molecule has 0 unspecified atom stereocenters. The smallest absolute Gasteiger partial charge is 0.261 e. The Balaban J connectivity index is 1.65. The Morgan fingerprint density at radius 1 is 0.962 bits per heavy atom. The van der Waals surface area contributed by atoms with Crippen LogP contribution in [0.25, 0.3) is 0 Å². The fourth-order valence-corrected chi connectivity index (χ4v) is 3.59. The lowest BCUT2D eigenvalue weighted by atomic mass is 9.94. The first-order valence-electron chi connectivity index (χ1n) is 9.02. The molecule has 2 saturated heterocycles. The summed E-state index contributed by atoms with van der Waals surface area (Å²) < 4.78 is 16.0. The van der Waals surface area contributed by atoms with Gasteiger partial charge in [0.2, 0.25) is 5.91 Å². The van der Waals surface area contributed by atoms with Crippen molar-refractivity contribution in [3.8, 4) is 11.5 Å². The Labute approximate surface area is 153 Å². The van der Waals surface area contributed by atoms with Crippen LogP contribution in [0.2, 0.25) is 0 Å². The highest BCUT2D eigenvalue weighted by molar-refractivity contribution is 6.00. The molecule has 0 saturated carbocycles. The van der Waals surface area contributed by atoms with E-state index in [2.05, 4.69) is 0 Å². The number of morpholine rings is 1. The second-order valence-corrected chi connectivity index (χ2v) is 6.54. The van der Waals surface area contributed by atoms with Gasteiger partial charge in [0.05, 0.1) is 27.4 Å². The first-order chi connectivity index (χ1) is 12.7. The number of amides is 2. The van der Waals surface area contributed by atoms with E-state index in [-0.39, 0.29) is 17.7 Å². The molecule has 7 nitrogen and oxygen atoms in total. The summed E-state index contributed by atoms with van der Waals surface area (Å²) in [6.07, 6.45) is 1.36. The Hall–Kier alpha value is -2.28. The van der Waals surface area contributed by atoms with Crippen molar-refractivity contribution in [1.82, 2.24) is 9.80 Å². The molecule has 0 spiro atoms. The molecular formula is C19H26N2O5. The van der Waals surface area contributed by atoms with Gasteiger partial charge in [0.1, 0.15) is 17.1 Å². The fraction of sp³-hybridized carbons (Fsp3) is 0.579. The summed E-state index contributed by atoms with van der Waals surface area (Å²) in [6, 6.07) is 5.30. The fourth-order valence-electron chi connectivity index (χ4n) is 3.59. The molecule has 0 bridgehead atoms. The van der Waals surface area contributed by atoms with Crippen molar-refractivity contribution >= 4 is 11.8 Å². The summed E-state index contributed by atoms with van der Waals surface area (Å²) in [5.41, 5.74) is 0.440. The van der Waals surface area contributed by atoms with E-state index < -0.39 is 0 Å². The maximum absolute atomic E-state index is 13.0. The molecule has 0 N–H and O–H groups in total. The number of methoxy groups -OCH3 is 2. The molecule has 2 amide bonds. The predicted molar refractivity (Wildman–Crippen MR) is 95.6 cm³/mol. The Morgan fingerprint density at radius 3 is 2.08 bits per heavy atom. The lowest BCUT2D eigenvalue weighted by molar-refractivity contribution is -0.141. The highest BCUT2D eigenvalue weighted by atomic mass is 16.5. The molecule has 1 aromatic rings. The molecule has 7 heteroatoms. The largest absolute Gasteiger partial charge is 0.496 e. The number of carbonyl (C=O) groups is 2. The van der Waals surface area contributed by atoms with E-state index in [1.54, 1.807) is 37.3 Å². The monoisotopic (exact) mass is 362 g/mol. The van der Waals surface area contributed by atoms with Crippen LogP contribution < -0.4 is 9.47 Å². The van der Waals surface area contributed by atoms with Crippen LogP contribution in [0, 0.1) is 5.92 Å². The van der Waals surface area contributed by atoms with Gasteiger partial charge >= 0.3 is 0 Å². The van der Waals surface area contributed by atoms with Gasteiger partial charge in [-0.1, -0.05) is 6.07 Å². The summed E-state index contributed by atoms with van der Waals surface area (Å²) in [6.45, 7) is 3.65. The summed E-state index contributed by atoms with van der Waals surface area (Å²) in [4.78, 5) is 29.3. The number of rotatable bonds is 4. The molecule has 26 heavy (non-hydrogen) atoms. The second-order valence-electron chi connectivity index (χ2n) is 6.54. The Kier molecular flexibility index (Phi) is 5.98. The number of carbonyl (C=O) groups excluding carboxylic acids is 2. The van der Waals surface area contributed by atoms with Crippen molar-refractivity contribution in [2.75, 3.05) is 53.6 Å². The van der Waals surface area contributed by atoms with Crippen LogP contribution in [0.1, 0.15) is 23.2 Å². The molecular weight excluding hydrogens is 336 g/mol. The Bertz CT molecular complexity index is 627. The Morgan fingerprint density at radius 2 is 1.54 bits per heavy atom. The van der Waals surface area contributed by atoms with Gasteiger partial charge in [0, 0.05) is 32.1 Å². The number of likely N-dealkylation sites (tertiary alicyclic amines) is 1. The molecule has 0 atom stereocenters. The van der Waals surface area contributed by atoms with Gasteiger partial charge in [-0.2, -0.15) is 0 Å². The molecule has 1 aromatic carbocycles. The van der Waals surface area contributed by atoms with Crippen LogP contribution in [0.15, 0.2) is 18.2 Å². The van der Waals surface area contributed by atoms with E-state index in [0.29, 0.717) is 69.3 Å². The van der Waals surface area contributed by atoms with Crippen molar-refractivity contribution in [3.63, 3.8) is 0 Å². The summed E-state index contributed by atoms with van der Waals surface area (Å²) in [7, 11) is 3.08. The highest BCUT2D eigenvalue weighted by Crippen LogP contribution is 2.31. The zero-order chi connectivity index (χ0) is 18.5. The number of ether oxygens (including phenoxy) is 3. The molecule has 2 heterocycles. The third-order valence-electron chi connectivity index (χ3n) is 5.10. The minimum absolute atomic E-state index is 0.0169. The van der Waals surface area contributed by atoms with Gasteiger partial charge in [-0.3, -0.25) is 9.59 Å². The molecule has 2 aliphatic rings. The SMILES string of the molecule is COc1cccc(OC)c1C(=O)N1CCC(C(=O)N2CCOCC2)CC1. The maximum Gasteiger partial charge on any atom is 0.261 e. The first kappa shape index (κ1) is 18.5. The van der Waals surface area contributed by atoms with Crippen LogP contribution in [-0.2, 0) is 9.53 Å². The van der Waals surface area contributed by atoms with E-state index in [1.165, 1.54) is 0 Å². The van der Waals surface area contributed by atoms with Gasteiger partial charge in [-0.25, -0.2) is 0 Å². The average Bonchev–Trinajstić information content (AvgIpc) is 2.72. The highest BCUT2D eigenvalue weighted by Gasteiger charge is 2.32. The predicted octanol–water partition coefficient (Wildman–Crippen LogP) is 1.41. The molecule has 0 aromatic heterocycles. The standard InChI is InChI=1S/C19H26N2O5/c1-24-15-4-3-5-16(25-2)17(15)19(23)20-8-6-14(7-9-20)18(22)21-10-12-26-13-11-21/h3-5,14H,6-13H2,1-2H3. The lowest BCUT2D eigenvalue weighted by Gasteiger charge is -2.35. The first-order valence-corrected chi connectivity index (χ1v) is 9.02. The van der Waals surface area contributed by atoms with Crippen molar-refractivity contribution in [2.24, 2.45) is 5.92 Å². The lowest BCUT2D eigenvalue weighted by Crippen LogP contribution is -2.47. The van der Waals surface area contributed by atoms with E-state index in [1.807, 2.05) is 4.90 Å². The second kappa shape index (κ2) is 8.40. The zero-order valence-electron chi connectivity index (χ0n) is 15.4. The summed E-state index contributed by atoms with van der Waals surface area (Å²) in [5.74, 6) is 1.06. The van der Waals surface area contributed by atoms with Gasteiger partial charge in [-0.15, -0.1) is 0 Å². The van der Waals surface area contributed by atoms with Crippen LogP contribution in [-0.4, -0.2) is 75.2 Å². The third-order valence-corrected chi connectivity index (χ3v) is 5.10. The summed E-state index contributed by atoms with van der Waals surface area (Å²) >= 11 is 0. The normalized spacial score (nSPS) is 18.5. The van der Waals surface area contributed by atoms with Crippen molar-refractivity contribution in [1.29, 1.82) is 0 Å². The minimum Gasteiger partial charge on any atom is -0.496 e. The van der Waals surface area contributed by atoms with Crippen molar-refractivity contribution < 1.29 is 23.8 Å². The average molecular weight is 362 g/mol. The van der Waals surface area contributed by atoms with Crippen molar-refractivity contribution in [3.05, 3.63) is 23.8 Å². The van der Waals surface area contributed by atoms with E-state index in [0.717, 1.165) is 0 Å². The number of hydrogen-bond acceptors (Lipinski definition) is 5. The van der Waals surface area contributed by atoms with Crippen LogP contribution in [0.3, 0.4) is 0 Å². The number of piperidine rings is 1. The maximum atomic E-state index is 13.0. The van der Waals surface area contributed by atoms with Crippen LogP contribution >= 0.6 is 0 Å². The minimum atomic E-state index is -0.114. The zero-order valence-corrected chi connectivity index (χ0v) is 15.4. The van der Waals surface area contributed by atoms with Crippen LogP contribution in [0.4, 0.5) is 0 Å². The molecule has 2 fully saturated rings. The molecule has 2 aliphatic heterocycles. The van der Waals surface area contributed by atoms with Gasteiger partial charge in [0.25, 0.3) is 5.91 Å². The number of benzene rings is 1. The van der Waals surface area contributed by atoms with E-state index >= 15 is 0 Å². The topological polar surface area (TPSA) is 68.3 Å². The molecule has 0 radical (unpaired) electrons. The molecule has 0 aliphatic carbocycles. The van der Waals surface area contributed by atoms with Crippen molar-refractivity contribution in [2.45, 2.75) is 12.8 Å². The van der Waals surface area contributed by atoms with E-state index in [9.17, 15) is 9.59 Å². The van der Waals surface area contributed by atoms with Crippen LogP contribution in [0.5, 0.6) is 11.5 Å². The van der Waals surface area contributed by atoms with E-state index in [4.69, 9.17) is 14.2 Å². The third kappa shape index (κ3) is 3.77. The van der Waals surface area contributed by atoms with Gasteiger partial charge < -0.3 is 24.0 Å². The number of nitrogens with zero attached hydrogens (tertiary/aromatic N) is 2.